The maximum Gasteiger partial charge on any atom is 0.312 e. The van der Waals surface area contributed by atoms with E-state index in [0.717, 1.165) is 13.1 Å². The van der Waals surface area contributed by atoms with Crippen LogP contribution in [0.4, 0.5) is 5.69 Å². The van der Waals surface area contributed by atoms with Crippen molar-refractivity contribution in [2.45, 2.75) is 85.6 Å². The van der Waals surface area contributed by atoms with Crippen molar-refractivity contribution in [3.63, 3.8) is 0 Å². The van der Waals surface area contributed by atoms with E-state index in [1.165, 1.54) is 59.4 Å². The molecular formula is C43H58N4O12. The second kappa shape index (κ2) is 18.0. The standard InChI is InChI=1S/C43H58N4O12/c1-21-12-11-13-22(2)42(55)45-33-28(20-44-47-17-15-46(9)16-18-47)37(52)30-31(38(33)53)36(51)26(6)40-32(30)41(54)43(8,59-40)57-19-14-29(56-10)23(3)39(58-27(7)48)25(5)35(50)24(4)34(21)49/h11-14,19-21,23-25,29,34-35,39,49-53H,15-18H2,1-10H3,(H,45,55)/b12-11+,19-14+,22-13-,44-20-/t21-,23-,24-,25-,29+,34-,35-,39+,43-/m0/s1. The summed E-state index contributed by atoms with van der Waals surface area (Å²) in [4.78, 5) is 42.6. The number of phenols is 3. The lowest BCUT2D eigenvalue weighted by atomic mass is 9.78. The largest absolute Gasteiger partial charge is 0.507 e. The maximum absolute atomic E-state index is 14.4. The Hall–Kier alpha value is -5.16. The average molecular weight is 823 g/mol. The van der Waals surface area contributed by atoms with Crippen LogP contribution >= 0.6 is 0 Å². The van der Waals surface area contributed by atoms with E-state index in [0.29, 0.717) is 13.1 Å². The summed E-state index contributed by atoms with van der Waals surface area (Å²) in [6, 6.07) is 0. The van der Waals surface area contributed by atoms with Gasteiger partial charge in [-0.15, -0.1) is 0 Å². The highest BCUT2D eigenvalue weighted by Gasteiger charge is 2.50. The van der Waals surface area contributed by atoms with Crippen LogP contribution in [0.2, 0.25) is 0 Å². The Balaban J connectivity index is 1.70. The molecule has 2 aromatic rings. The number of nitrogens with zero attached hydrogens (tertiary/aromatic N) is 3. The number of benzene rings is 2. The zero-order chi connectivity index (χ0) is 43.7. The van der Waals surface area contributed by atoms with Gasteiger partial charge in [0.1, 0.15) is 23.4 Å². The molecule has 0 spiro atoms. The molecule has 0 radical (unpaired) electrons. The number of aliphatic hydroxyl groups excluding tert-OH is 2. The van der Waals surface area contributed by atoms with Crippen LogP contribution in [-0.4, -0.2) is 130 Å². The van der Waals surface area contributed by atoms with Gasteiger partial charge in [-0.25, -0.2) is 0 Å². The monoisotopic (exact) mass is 822 g/mol. The number of aliphatic hydroxyl groups is 2. The van der Waals surface area contributed by atoms with Crippen molar-refractivity contribution in [1.82, 2.24) is 9.91 Å². The van der Waals surface area contributed by atoms with E-state index in [1.54, 1.807) is 44.9 Å². The number of ether oxygens (including phenoxy) is 4. The van der Waals surface area contributed by atoms with Crippen molar-refractivity contribution in [3.8, 4) is 23.0 Å². The fraction of sp³-hybridized carbons (Fsp3) is 0.535. The molecule has 59 heavy (non-hydrogen) atoms. The lowest BCUT2D eigenvalue weighted by Gasteiger charge is -2.38. The number of likely N-dealkylation sites (N-methyl/N-ethyl adjacent to an activating group) is 1. The Morgan fingerprint density at radius 2 is 1.61 bits per heavy atom. The topological polar surface area (TPSA) is 220 Å². The lowest BCUT2D eigenvalue weighted by molar-refractivity contribution is -0.160. The number of carbonyl (C=O) groups is 3. The molecule has 16 nitrogen and oxygen atoms in total. The zero-order valence-electron chi connectivity index (χ0n) is 35.3. The fourth-order valence-electron chi connectivity index (χ4n) is 7.92. The predicted molar refractivity (Wildman–Crippen MR) is 220 cm³/mol. The van der Waals surface area contributed by atoms with Crippen molar-refractivity contribution in [3.05, 3.63) is 52.8 Å². The number of fused-ring (bicyclic) bond motifs is 14. The number of hydrogen-bond donors (Lipinski definition) is 6. The second-order valence-electron chi connectivity index (χ2n) is 16.1. The summed E-state index contributed by atoms with van der Waals surface area (Å²) in [6.07, 6.45) is 4.86. The third-order valence-corrected chi connectivity index (χ3v) is 11.9. The summed E-state index contributed by atoms with van der Waals surface area (Å²) in [6.45, 7) is 15.1. The molecule has 0 saturated carbocycles. The Morgan fingerprint density at radius 1 is 0.949 bits per heavy atom. The van der Waals surface area contributed by atoms with Gasteiger partial charge in [-0.2, -0.15) is 5.10 Å². The molecule has 6 rings (SSSR count). The molecule has 0 aromatic heterocycles. The molecule has 0 unspecified atom stereocenters. The van der Waals surface area contributed by atoms with Gasteiger partial charge in [-0.3, -0.25) is 19.4 Å². The number of ketones is 1. The molecular weight excluding hydrogens is 764 g/mol. The summed E-state index contributed by atoms with van der Waals surface area (Å²) in [5.74, 6) is -8.34. The van der Waals surface area contributed by atoms with E-state index in [2.05, 4.69) is 15.3 Å². The molecule has 322 valence electrons. The number of rotatable bonds is 4. The maximum atomic E-state index is 14.4. The van der Waals surface area contributed by atoms with Crippen LogP contribution in [0.15, 0.2) is 41.2 Å². The first-order valence-electron chi connectivity index (χ1n) is 19.8. The van der Waals surface area contributed by atoms with Gasteiger partial charge in [0.25, 0.3) is 11.7 Å². The van der Waals surface area contributed by atoms with Crippen LogP contribution in [0.1, 0.15) is 70.0 Å². The second-order valence-corrected chi connectivity index (χ2v) is 16.1. The number of aromatic hydroxyl groups is 3. The number of anilines is 1. The smallest absolute Gasteiger partial charge is 0.312 e. The van der Waals surface area contributed by atoms with E-state index in [9.17, 15) is 39.9 Å². The number of nitrogens with one attached hydrogen (secondary N) is 1. The lowest BCUT2D eigenvalue weighted by Crippen LogP contribution is -2.46. The van der Waals surface area contributed by atoms with Crippen LogP contribution < -0.4 is 10.1 Å². The molecule has 9 atom stereocenters. The molecule has 1 saturated heterocycles. The number of Topliss-reactive ketones (excluding diaryl/α,β-unsaturated/α-hetero) is 1. The minimum absolute atomic E-state index is 0.0559. The van der Waals surface area contributed by atoms with Crippen LogP contribution in [0, 0.1) is 30.6 Å². The van der Waals surface area contributed by atoms with Gasteiger partial charge in [0.05, 0.1) is 53.0 Å². The van der Waals surface area contributed by atoms with Gasteiger partial charge in [-0.05, 0) is 27.0 Å². The zero-order valence-corrected chi connectivity index (χ0v) is 35.3. The fourth-order valence-corrected chi connectivity index (χ4v) is 7.92. The highest BCUT2D eigenvalue weighted by atomic mass is 16.7. The quantitative estimate of drug-likeness (QED) is 0.109. The van der Waals surface area contributed by atoms with E-state index < -0.39 is 88.8 Å². The van der Waals surface area contributed by atoms with Gasteiger partial charge in [0, 0.05) is 87.3 Å². The summed E-state index contributed by atoms with van der Waals surface area (Å²) in [5, 5.41) is 66.8. The molecule has 4 heterocycles. The average Bonchev–Trinajstić information content (AvgIpc) is 3.46. The van der Waals surface area contributed by atoms with Gasteiger partial charge in [-0.1, -0.05) is 45.9 Å². The molecule has 0 aliphatic carbocycles. The van der Waals surface area contributed by atoms with Crippen LogP contribution in [0.25, 0.3) is 10.8 Å². The van der Waals surface area contributed by atoms with Crippen molar-refractivity contribution in [2.75, 3.05) is 45.7 Å². The molecule has 5 bridgehead atoms. The Kier molecular flexibility index (Phi) is 13.7. The number of carbonyl (C=O) groups excluding carboxylic acids is 3. The molecule has 4 aliphatic rings. The number of piperazine rings is 1. The number of hydrogen-bond acceptors (Lipinski definition) is 15. The van der Waals surface area contributed by atoms with Crippen molar-refractivity contribution in [2.24, 2.45) is 28.8 Å². The molecule has 6 N–H and O–H groups in total. The SMILES string of the molecule is CO[C@@H]1/C=C/O[C@@]2(C)Oc3c(C)c(O)c4c(O)c(c(/C=N\N5CCN(C)CC5)c(O)c4c3C2=O)NC(=O)/C(C)=C\C=C\[C@H](C)[C@H](O)[C@H](C)[C@H](O)[C@H](C)[C@H](OC(C)=O)[C@H]1C. The van der Waals surface area contributed by atoms with Crippen molar-refractivity contribution >= 4 is 40.3 Å². The highest BCUT2D eigenvalue weighted by molar-refractivity contribution is 6.23. The summed E-state index contributed by atoms with van der Waals surface area (Å²) >= 11 is 0. The summed E-state index contributed by atoms with van der Waals surface area (Å²) < 4.78 is 23.6. The summed E-state index contributed by atoms with van der Waals surface area (Å²) in [5.41, 5.74) is -0.350. The van der Waals surface area contributed by atoms with Crippen LogP contribution in [0.5, 0.6) is 23.0 Å². The van der Waals surface area contributed by atoms with E-state index in [-0.39, 0.29) is 44.5 Å². The first-order valence-corrected chi connectivity index (χ1v) is 19.8. The number of esters is 1. The Labute approximate surface area is 344 Å². The molecule has 1 amide bonds. The van der Waals surface area contributed by atoms with Gasteiger partial charge in [0.2, 0.25) is 0 Å². The number of hydrazone groups is 1. The molecule has 2 aromatic carbocycles. The van der Waals surface area contributed by atoms with Gasteiger partial charge < -0.3 is 54.7 Å². The van der Waals surface area contributed by atoms with Crippen molar-refractivity contribution in [1.29, 1.82) is 0 Å². The Morgan fingerprint density at radius 3 is 2.24 bits per heavy atom. The van der Waals surface area contributed by atoms with Gasteiger partial charge >= 0.3 is 11.8 Å². The highest BCUT2D eigenvalue weighted by Crippen LogP contribution is 2.55. The number of allylic oxidation sites excluding steroid dienone is 2. The first-order chi connectivity index (χ1) is 27.7. The minimum atomic E-state index is -2.04. The number of amides is 1. The van der Waals surface area contributed by atoms with Gasteiger partial charge in [0.15, 0.2) is 5.75 Å². The third-order valence-electron chi connectivity index (χ3n) is 11.9. The molecule has 4 aliphatic heterocycles. The number of methoxy groups -OCH3 is 1. The normalized spacial score (nSPS) is 32.1. The van der Waals surface area contributed by atoms with Crippen molar-refractivity contribution < 1.29 is 58.9 Å². The first kappa shape index (κ1) is 44.9. The van der Waals surface area contributed by atoms with Crippen LogP contribution in [0.3, 0.4) is 0 Å². The third kappa shape index (κ3) is 8.91. The summed E-state index contributed by atoms with van der Waals surface area (Å²) in [7, 11) is 3.42. The van der Waals surface area contributed by atoms with Crippen LogP contribution in [-0.2, 0) is 23.8 Å². The Bertz CT molecular complexity index is 2070. The van der Waals surface area contributed by atoms with E-state index >= 15 is 0 Å². The van der Waals surface area contributed by atoms with E-state index in [4.69, 9.17) is 18.9 Å². The van der Waals surface area contributed by atoms with E-state index in [1.807, 2.05) is 7.05 Å². The predicted octanol–water partition coefficient (Wildman–Crippen LogP) is 4.34. The minimum Gasteiger partial charge on any atom is -0.507 e. The molecule has 1 fully saturated rings. The number of phenolic OH excluding ortho intramolecular Hbond substituents is 3. The molecule has 16 heteroatoms.